The monoisotopic (exact) mass is 402 g/mol. The molecule has 2 aliphatic rings. The average Bonchev–Trinajstić information content (AvgIpc) is 2.66. The maximum Gasteiger partial charge on any atom is 0.293 e. The zero-order valence-electron chi connectivity index (χ0n) is 18.1. The predicted octanol–water partition coefficient (Wildman–Crippen LogP) is 3.49. The van der Waals surface area contributed by atoms with Crippen molar-refractivity contribution in [3.63, 3.8) is 0 Å². The minimum Gasteiger partial charge on any atom is -0.365 e. The lowest BCUT2D eigenvalue weighted by Gasteiger charge is -2.36. The Labute approximate surface area is 173 Å². The number of carbonyl (C=O) groups is 1. The molecule has 7 heteroatoms. The highest BCUT2D eigenvalue weighted by molar-refractivity contribution is 5.96. The fourth-order valence-electron chi connectivity index (χ4n) is 4.76. The zero-order valence-corrected chi connectivity index (χ0v) is 18.1. The Kier molecular flexibility index (Phi) is 6.77. The van der Waals surface area contributed by atoms with Crippen molar-refractivity contribution in [1.82, 2.24) is 9.80 Å². The summed E-state index contributed by atoms with van der Waals surface area (Å²) in [7, 11) is 0. The van der Waals surface area contributed by atoms with Crippen LogP contribution < -0.4 is 4.90 Å². The van der Waals surface area contributed by atoms with Gasteiger partial charge in [0.2, 0.25) is 0 Å². The first-order valence-corrected chi connectivity index (χ1v) is 10.8. The second-order valence-electron chi connectivity index (χ2n) is 9.30. The number of piperazine rings is 1. The van der Waals surface area contributed by atoms with Crippen molar-refractivity contribution >= 4 is 17.3 Å². The Morgan fingerprint density at radius 3 is 2.31 bits per heavy atom. The normalized spacial score (nSPS) is 23.5. The standard InChI is InChI=1S/C22H34N4O3/c1-16(2)13-23-7-9-24(10-8-23)22(27)19-5-6-20(21(12-19)26(28)29)25-14-17(3)11-18(4)15-25/h5-6,12,16-18H,7-11,13-15H2,1-4H3. The Hall–Kier alpha value is -2.15. The maximum absolute atomic E-state index is 13.0. The first kappa shape index (κ1) is 21.6. The lowest BCUT2D eigenvalue weighted by Crippen LogP contribution is -2.49. The van der Waals surface area contributed by atoms with E-state index < -0.39 is 0 Å². The van der Waals surface area contributed by atoms with Crippen LogP contribution >= 0.6 is 0 Å². The smallest absolute Gasteiger partial charge is 0.293 e. The molecule has 3 rings (SSSR count). The first-order valence-electron chi connectivity index (χ1n) is 10.8. The number of nitrogens with zero attached hydrogens (tertiary/aromatic N) is 4. The number of nitro benzene ring substituents is 1. The van der Waals surface area contributed by atoms with E-state index in [4.69, 9.17) is 0 Å². The van der Waals surface area contributed by atoms with Crippen molar-refractivity contribution < 1.29 is 9.72 Å². The van der Waals surface area contributed by atoms with Crippen LogP contribution in [0.3, 0.4) is 0 Å². The fraction of sp³-hybridized carbons (Fsp3) is 0.682. The highest BCUT2D eigenvalue weighted by Crippen LogP contribution is 2.34. The van der Waals surface area contributed by atoms with Gasteiger partial charge in [-0.2, -0.15) is 0 Å². The molecule has 160 valence electrons. The van der Waals surface area contributed by atoms with E-state index in [-0.39, 0.29) is 16.5 Å². The number of amides is 1. The summed E-state index contributed by atoms with van der Waals surface area (Å²) in [5.74, 6) is 1.50. The molecule has 0 radical (unpaired) electrons. The van der Waals surface area contributed by atoms with Gasteiger partial charge in [-0.05, 0) is 36.3 Å². The van der Waals surface area contributed by atoms with E-state index in [1.807, 2.05) is 4.90 Å². The quantitative estimate of drug-likeness (QED) is 0.557. The van der Waals surface area contributed by atoms with E-state index in [0.29, 0.717) is 42.1 Å². The molecule has 29 heavy (non-hydrogen) atoms. The van der Waals surface area contributed by atoms with E-state index in [2.05, 4.69) is 37.5 Å². The van der Waals surface area contributed by atoms with Gasteiger partial charge in [0, 0.05) is 57.4 Å². The van der Waals surface area contributed by atoms with Crippen molar-refractivity contribution in [2.24, 2.45) is 17.8 Å². The number of piperidine rings is 1. The number of carbonyl (C=O) groups excluding carboxylic acids is 1. The van der Waals surface area contributed by atoms with Gasteiger partial charge < -0.3 is 9.80 Å². The number of nitro groups is 1. The van der Waals surface area contributed by atoms with Gasteiger partial charge in [-0.3, -0.25) is 19.8 Å². The van der Waals surface area contributed by atoms with Gasteiger partial charge in [0.1, 0.15) is 5.69 Å². The van der Waals surface area contributed by atoms with Crippen LogP contribution in [-0.4, -0.2) is 66.4 Å². The molecule has 2 fully saturated rings. The van der Waals surface area contributed by atoms with Gasteiger partial charge in [-0.1, -0.05) is 27.7 Å². The molecule has 2 atom stereocenters. The summed E-state index contributed by atoms with van der Waals surface area (Å²) in [6.07, 6.45) is 1.14. The van der Waals surface area contributed by atoms with Crippen LogP contribution in [0.1, 0.15) is 44.5 Å². The zero-order chi connectivity index (χ0) is 21.1. The number of hydrogen-bond acceptors (Lipinski definition) is 5. The summed E-state index contributed by atoms with van der Waals surface area (Å²) in [5, 5.41) is 11.8. The lowest BCUT2D eigenvalue weighted by atomic mass is 9.91. The largest absolute Gasteiger partial charge is 0.365 e. The van der Waals surface area contributed by atoms with Crippen LogP contribution in [0.5, 0.6) is 0 Å². The van der Waals surface area contributed by atoms with E-state index in [9.17, 15) is 14.9 Å². The molecule has 0 aromatic heterocycles. The molecule has 1 aromatic rings. The molecule has 2 aliphatic heterocycles. The summed E-state index contributed by atoms with van der Waals surface area (Å²) in [6.45, 7) is 14.5. The molecule has 2 heterocycles. The molecule has 0 saturated carbocycles. The number of benzene rings is 1. The Morgan fingerprint density at radius 2 is 1.76 bits per heavy atom. The Morgan fingerprint density at radius 1 is 1.14 bits per heavy atom. The second kappa shape index (κ2) is 9.11. The van der Waals surface area contributed by atoms with Crippen LogP contribution in [0.15, 0.2) is 18.2 Å². The summed E-state index contributed by atoms with van der Waals surface area (Å²) < 4.78 is 0. The SMILES string of the molecule is CC(C)CN1CCN(C(=O)c2ccc(N3CC(C)CC(C)C3)c([N+](=O)[O-])c2)CC1. The van der Waals surface area contributed by atoms with E-state index in [0.717, 1.165) is 39.1 Å². The van der Waals surface area contributed by atoms with Gasteiger partial charge in [0.15, 0.2) is 0 Å². The number of hydrogen-bond donors (Lipinski definition) is 0. The summed E-state index contributed by atoms with van der Waals surface area (Å²) >= 11 is 0. The van der Waals surface area contributed by atoms with Crippen molar-refractivity contribution in [2.75, 3.05) is 50.7 Å². The van der Waals surface area contributed by atoms with Crippen LogP contribution in [-0.2, 0) is 0 Å². The highest BCUT2D eigenvalue weighted by atomic mass is 16.6. The first-order chi connectivity index (χ1) is 13.7. The van der Waals surface area contributed by atoms with Gasteiger partial charge in [-0.25, -0.2) is 0 Å². The van der Waals surface area contributed by atoms with Gasteiger partial charge >= 0.3 is 0 Å². The van der Waals surface area contributed by atoms with Crippen LogP contribution in [0.4, 0.5) is 11.4 Å². The molecule has 0 N–H and O–H groups in total. The average molecular weight is 403 g/mol. The van der Waals surface area contributed by atoms with Crippen molar-refractivity contribution in [2.45, 2.75) is 34.1 Å². The third kappa shape index (κ3) is 5.26. The van der Waals surface area contributed by atoms with Crippen molar-refractivity contribution in [1.29, 1.82) is 0 Å². The van der Waals surface area contributed by atoms with E-state index in [1.165, 1.54) is 6.07 Å². The molecule has 2 saturated heterocycles. The fourth-order valence-corrected chi connectivity index (χ4v) is 4.76. The minimum atomic E-state index is -0.351. The number of anilines is 1. The third-order valence-corrected chi connectivity index (χ3v) is 5.91. The number of rotatable bonds is 5. The summed E-state index contributed by atoms with van der Waals surface area (Å²) in [6, 6.07) is 5.00. The van der Waals surface area contributed by atoms with E-state index in [1.54, 1.807) is 12.1 Å². The lowest BCUT2D eigenvalue weighted by molar-refractivity contribution is -0.384. The van der Waals surface area contributed by atoms with Crippen LogP contribution in [0.25, 0.3) is 0 Å². The van der Waals surface area contributed by atoms with Gasteiger partial charge in [-0.15, -0.1) is 0 Å². The molecule has 1 aromatic carbocycles. The van der Waals surface area contributed by atoms with E-state index >= 15 is 0 Å². The van der Waals surface area contributed by atoms with Crippen LogP contribution in [0.2, 0.25) is 0 Å². The van der Waals surface area contributed by atoms with Gasteiger partial charge in [0.05, 0.1) is 4.92 Å². The predicted molar refractivity (Wildman–Crippen MR) is 115 cm³/mol. The molecular formula is C22H34N4O3. The third-order valence-electron chi connectivity index (χ3n) is 5.91. The molecule has 0 bridgehead atoms. The topological polar surface area (TPSA) is 69.9 Å². The second-order valence-corrected chi connectivity index (χ2v) is 9.30. The molecule has 1 amide bonds. The van der Waals surface area contributed by atoms with Gasteiger partial charge in [0.25, 0.3) is 11.6 Å². The molecule has 0 aliphatic carbocycles. The molecule has 7 nitrogen and oxygen atoms in total. The van der Waals surface area contributed by atoms with Crippen molar-refractivity contribution in [3.05, 3.63) is 33.9 Å². The summed E-state index contributed by atoms with van der Waals surface area (Å²) in [4.78, 5) is 30.7. The molecule has 2 unspecified atom stereocenters. The highest BCUT2D eigenvalue weighted by Gasteiger charge is 2.29. The summed E-state index contributed by atoms with van der Waals surface area (Å²) in [5.41, 5.74) is 1.08. The molecular weight excluding hydrogens is 368 g/mol. The Balaban J connectivity index is 1.75. The van der Waals surface area contributed by atoms with Crippen molar-refractivity contribution in [3.8, 4) is 0 Å². The van der Waals surface area contributed by atoms with Crippen LogP contribution in [0, 0.1) is 27.9 Å². The Bertz CT molecular complexity index is 734. The molecule has 0 spiro atoms. The maximum atomic E-state index is 13.0. The minimum absolute atomic E-state index is 0.0376.